The summed E-state index contributed by atoms with van der Waals surface area (Å²) in [4.78, 5) is 4.83. The molecule has 1 aliphatic rings. The Bertz CT molecular complexity index is 1190. The van der Waals surface area contributed by atoms with Crippen molar-refractivity contribution in [2.75, 3.05) is 0 Å². The average molecular weight is 374 g/mol. The zero-order valence-corrected chi connectivity index (χ0v) is 15.1. The number of alkyl halides is 1. The van der Waals surface area contributed by atoms with Crippen LogP contribution in [0.25, 0.3) is 27.6 Å². The summed E-state index contributed by atoms with van der Waals surface area (Å²) in [7, 11) is 0. The summed E-state index contributed by atoms with van der Waals surface area (Å²) in [6, 6.07) is 24.1. The third-order valence-corrected chi connectivity index (χ3v) is 4.82. The van der Waals surface area contributed by atoms with Crippen LogP contribution in [-0.4, -0.2) is 11.5 Å². The van der Waals surface area contributed by atoms with Gasteiger partial charge in [0.2, 0.25) is 0 Å². The number of nitrogens with zero attached hydrogens (tertiary/aromatic N) is 1. The van der Waals surface area contributed by atoms with Gasteiger partial charge in [0.1, 0.15) is 17.0 Å². The largest absolute Gasteiger partial charge is 0.456 e. The van der Waals surface area contributed by atoms with Gasteiger partial charge < -0.3 is 15.1 Å². The Morgan fingerprint density at radius 3 is 2.48 bits per heavy atom. The number of furan rings is 1. The van der Waals surface area contributed by atoms with Crippen molar-refractivity contribution in [2.24, 2.45) is 4.99 Å². The number of nitrogens with one attached hydrogen (secondary N) is 2. The topological polar surface area (TPSA) is 49.6 Å². The van der Waals surface area contributed by atoms with E-state index in [0.29, 0.717) is 5.84 Å². The van der Waals surface area contributed by atoms with E-state index < -0.39 is 5.62 Å². The van der Waals surface area contributed by atoms with Crippen LogP contribution >= 0.6 is 11.6 Å². The van der Waals surface area contributed by atoms with E-state index in [0.717, 1.165) is 38.8 Å². The van der Waals surface area contributed by atoms with Gasteiger partial charge in [0, 0.05) is 28.1 Å². The maximum absolute atomic E-state index is 6.34. The number of hydrogen-bond acceptors (Lipinski definition) is 4. The second kappa shape index (κ2) is 6.49. The monoisotopic (exact) mass is 373 g/mol. The van der Waals surface area contributed by atoms with Crippen LogP contribution in [-0.2, 0) is 0 Å². The lowest BCUT2D eigenvalue weighted by Gasteiger charge is -2.13. The van der Waals surface area contributed by atoms with Crippen LogP contribution in [0, 0.1) is 0 Å². The molecule has 2 heterocycles. The molecule has 1 atom stereocenters. The molecule has 0 aliphatic carbocycles. The molecule has 132 valence electrons. The van der Waals surface area contributed by atoms with Crippen molar-refractivity contribution < 1.29 is 4.42 Å². The molecule has 2 N–H and O–H groups in total. The van der Waals surface area contributed by atoms with E-state index in [-0.39, 0.29) is 0 Å². The lowest BCUT2D eigenvalue weighted by molar-refractivity contribution is 0.669. The summed E-state index contributed by atoms with van der Waals surface area (Å²) in [5.41, 5.74) is 4.06. The average Bonchev–Trinajstić information content (AvgIpc) is 2.96. The molecule has 4 nitrogen and oxygen atoms in total. The van der Waals surface area contributed by atoms with Gasteiger partial charge in [-0.2, -0.15) is 0 Å². The molecule has 5 heteroatoms. The van der Waals surface area contributed by atoms with Gasteiger partial charge in [-0.05, 0) is 24.3 Å². The Morgan fingerprint density at radius 1 is 0.815 bits per heavy atom. The second-order valence-electron chi connectivity index (χ2n) is 6.34. The molecule has 1 unspecified atom stereocenters. The van der Waals surface area contributed by atoms with Gasteiger partial charge in [0.15, 0.2) is 5.62 Å². The van der Waals surface area contributed by atoms with Crippen LogP contribution in [0.15, 0.2) is 88.4 Å². The first-order valence-electron chi connectivity index (χ1n) is 8.70. The highest BCUT2D eigenvalue weighted by molar-refractivity contribution is 6.22. The Balaban J connectivity index is 1.64. The minimum Gasteiger partial charge on any atom is -0.456 e. The molecular weight excluding hydrogens is 358 g/mol. The molecule has 0 saturated carbocycles. The molecule has 0 spiro atoms. The lowest BCUT2D eigenvalue weighted by atomic mass is 10.1. The first kappa shape index (κ1) is 16.0. The number of hydrogen-bond donors (Lipinski definition) is 2. The zero-order valence-electron chi connectivity index (χ0n) is 14.3. The molecule has 1 aromatic heterocycles. The summed E-state index contributed by atoms with van der Waals surface area (Å²) < 4.78 is 5.92. The van der Waals surface area contributed by atoms with E-state index in [1.54, 1.807) is 0 Å². The molecule has 4 aromatic rings. The smallest absolute Gasteiger partial charge is 0.176 e. The fourth-order valence-corrected chi connectivity index (χ4v) is 3.44. The first-order chi connectivity index (χ1) is 13.3. The summed E-state index contributed by atoms with van der Waals surface area (Å²) in [6.45, 7) is 0. The highest BCUT2D eigenvalue weighted by Gasteiger charge is 2.16. The standard InChI is InChI=1S/C22H16ClN3O/c23-22-24-13-18(14-6-2-1-3-7-14)25-21(26-22)15-10-11-20-17(12-15)16-8-4-5-9-19(16)27-20/h1-13,22,24H,(H,25,26). The van der Waals surface area contributed by atoms with E-state index in [4.69, 9.17) is 21.0 Å². The Labute approximate surface area is 161 Å². The van der Waals surface area contributed by atoms with Crippen LogP contribution in [0.4, 0.5) is 0 Å². The second-order valence-corrected chi connectivity index (χ2v) is 6.78. The van der Waals surface area contributed by atoms with Gasteiger partial charge in [0.05, 0.1) is 5.70 Å². The fourth-order valence-electron chi connectivity index (χ4n) is 3.28. The molecule has 0 saturated heterocycles. The molecule has 5 rings (SSSR count). The maximum atomic E-state index is 6.34. The van der Waals surface area contributed by atoms with Crippen LogP contribution in [0.1, 0.15) is 11.1 Å². The number of aliphatic imine (C=N–C) groups is 1. The Kier molecular flexibility index (Phi) is 3.84. The predicted octanol–water partition coefficient (Wildman–Crippen LogP) is 5.05. The molecule has 1 aliphatic heterocycles. The highest BCUT2D eigenvalue weighted by atomic mass is 35.5. The van der Waals surface area contributed by atoms with E-state index in [9.17, 15) is 0 Å². The predicted molar refractivity (Wildman–Crippen MR) is 111 cm³/mol. The first-order valence-corrected chi connectivity index (χ1v) is 9.14. The normalized spacial score (nSPS) is 17.0. The number of para-hydroxylation sites is 1. The maximum Gasteiger partial charge on any atom is 0.176 e. The number of amidine groups is 1. The summed E-state index contributed by atoms with van der Waals surface area (Å²) in [6.07, 6.45) is 1.83. The van der Waals surface area contributed by atoms with Crippen molar-refractivity contribution in [3.8, 4) is 0 Å². The third-order valence-electron chi connectivity index (χ3n) is 4.58. The summed E-state index contributed by atoms with van der Waals surface area (Å²) >= 11 is 6.34. The molecular formula is C22H16ClN3O. The minimum absolute atomic E-state index is 0.457. The van der Waals surface area contributed by atoms with Crippen molar-refractivity contribution in [1.29, 1.82) is 0 Å². The van der Waals surface area contributed by atoms with Gasteiger partial charge in [-0.15, -0.1) is 0 Å². The SMILES string of the molecule is ClC1NC=C(c2ccccc2)N=C(c2ccc3oc4ccccc4c3c2)N1. The van der Waals surface area contributed by atoms with E-state index in [1.807, 2.05) is 66.9 Å². The molecule has 0 amide bonds. The number of benzene rings is 3. The van der Waals surface area contributed by atoms with E-state index >= 15 is 0 Å². The van der Waals surface area contributed by atoms with Gasteiger partial charge in [-0.25, -0.2) is 4.99 Å². The third kappa shape index (κ3) is 2.94. The number of rotatable bonds is 2. The minimum atomic E-state index is -0.457. The molecule has 27 heavy (non-hydrogen) atoms. The van der Waals surface area contributed by atoms with Crippen LogP contribution in [0.5, 0.6) is 0 Å². The van der Waals surface area contributed by atoms with E-state index in [1.165, 1.54) is 0 Å². The highest BCUT2D eigenvalue weighted by Crippen LogP contribution is 2.29. The number of halogens is 1. The quantitative estimate of drug-likeness (QED) is 0.382. The molecule has 0 radical (unpaired) electrons. The van der Waals surface area contributed by atoms with Gasteiger partial charge >= 0.3 is 0 Å². The van der Waals surface area contributed by atoms with E-state index in [2.05, 4.69) is 22.8 Å². The van der Waals surface area contributed by atoms with Gasteiger partial charge in [-0.3, -0.25) is 0 Å². The van der Waals surface area contributed by atoms with Crippen molar-refractivity contribution >= 4 is 45.1 Å². The number of fused-ring (bicyclic) bond motifs is 3. The lowest BCUT2D eigenvalue weighted by Crippen LogP contribution is -2.38. The Hall–Kier alpha value is -3.24. The molecule has 0 fully saturated rings. The summed E-state index contributed by atoms with van der Waals surface area (Å²) in [5, 5.41) is 8.48. The Morgan fingerprint density at radius 2 is 1.59 bits per heavy atom. The van der Waals surface area contributed by atoms with Gasteiger partial charge in [0.25, 0.3) is 0 Å². The van der Waals surface area contributed by atoms with Gasteiger partial charge in [-0.1, -0.05) is 60.1 Å². The van der Waals surface area contributed by atoms with Crippen molar-refractivity contribution in [1.82, 2.24) is 10.6 Å². The summed E-state index contributed by atoms with van der Waals surface area (Å²) in [5.74, 6) is 0.710. The van der Waals surface area contributed by atoms with Crippen LogP contribution in [0.3, 0.4) is 0 Å². The fraction of sp³-hybridized carbons (Fsp3) is 0.0455. The van der Waals surface area contributed by atoms with Crippen LogP contribution in [0.2, 0.25) is 0 Å². The van der Waals surface area contributed by atoms with Crippen molar-refractivity contribution in [3.05, 3.63) is 90.1 Å². The van der Waals surface area contributed by atoms with Crippen molar-refractivity contribution in [2.45, 2.75) is 5.62 Å². The molecule has 0 bridgehead atoms. The van der Waals surface area contributed by atoms with Crippen molar-refractivity contribution in [3.63, 3.8) is 0 Å². The molecule has 3 aromatic carbocycles. The van der Waals surface area contributed by atoms with Crippen LogP contribution < -0.4 is 10.6 Å². The zero-order chi connectivity index (χ0) is 18.2.